The van der Waals surface area contributed by atoms with Gasteiger partial charge in [0.25, 0.3) is 0 Å². The molecule has 0 fully saturated rings. The van der Waals surface area contributed by atoms with Crippen molar-refractivity contribution in [1.29, 1.82) is 0 Å². The van der Waals surface area contributed by atoms with E-state index in [0.29, 0.717) is 6.54 Å². The molecule has 0 saturated carbocycles. The van der Waals surface area contributed by atoms with Gasteiger partial charge >= 0.3 is 0 Å². The normalized spacial score (nSPS) is 13.0. The predicted octanol–water partition coefficient (Wildman–Crippen LogP) is 2.04. The van der Waals surface area contributed by atoms with E-state index in [-0.39, 0.29) is 12.6 Å². The van der Waals surface area contributed by atoms with Gasteiger partial charge in [0.1, 0.15) is 0 Å². The van der Waals surface area contributed by atoms with Crippen LogP contribution in [0.25, 0.3) is 0 Å². The molecular weight excluding hydrogens is 236 g/mol. The third kappa shape index (κ3) is 3.96. The summed E-state index contributed by atoms with van der Waals surface area (Å²) in [5.74, 6) is 0. The highest BCUT2D eigenvalue weighted by Gasteiger charge is 2.19. The van der Waals surface area contributed by atoms with Gasteiger partial charge in [0.2, 0.25) is 0 Å². The number of nitrogens with zero attached hydrogens (tertiary/aromatic N) is 1. The van der Waals surface area contributed by atoms with Crippen LogP contribution in [0.3, 0.4) is 0 Å². The average Bonchev–Trinajstić information content (AvgIpc) is 2.36. The minimum Gasteiger partial charge on any atom is -0.396 e. The van der Waals surface area contributed by atoms with E-state index in [4.69, 9.17) is 22.4 Å². The minimum absolute atomic E-state index is 0.125. The molecule has 1 aromatic rings. The van der Waals surface area contributed by atoms with Crippen LogP contribution in [0.5, 0.6) is 0 Å². The maximum atomic E-state index is 8.91. The molecule has 3 N–H and O–H groups in total. The maximum Gasteiger partial charge on any atom is 0.0485 e. The van der Waals surface area contributed by atoms with Crippen molar-refractivity contribution >= 4 is 11.6 Å². The van der Waals surface area contributed by atoms with Gasteiger partial charge in [-0.2, -0.15) is 0 Å². The van der Waals surface area contributed by atoms with Crippen LogP contribution in [-0.4, -0.2) is 36.2 Å². The number of aliphatic hydroxyl groups excluding tert-OH is 1. The molecule has 0 aliphatic heterocycles. The standard InChI is InChI=1S/C13H21ClN2O/c1-2-16(8-5-9-17)13(10-15)11-6-3-4-7-12(11)14/h3-4,6-7,13,17H,2,5,8-10,15H2,1H3. The highest BCUT2D eigenvalue weighted by Crippen LogP contribution is 2.26. The number of halogens is 1. The van der Waals surface area contributed by atoms with E-state index in [1.54, 1.807) is 0 Å². The van der Waals surface area contributed by atoms with Crippen LogP contribution in [0.1, 0.15) is 24.9 Å². The zero-order valence-corrected chi connectivity index (χ0v) is 11.0. The third-order valence-corrected chi connectivity index (χ3v) is 3.28. The van der Waals surface area contributed by atoms with E-state index >= 15 is 0 Å². The molecule has 0 aliphatic rings. The van der Waals surface area contributed by atoms with E-state index in [0.717, 1.165) is 30.1 Å². The fourth-order valence-electron chi connectivity index (χ4n) is 2.03. The minimum atomic E-state index is 0.125. The highest BCUT2D eigenvalue weighted by molar-refractivity contribution is 6.31. The topological polar surface area (TPSA) is 49.5 Å². The molecule has 1 rings (SSSR count). The molecule has 4 heteroatoms. The predicted molar refractivity (Wildman–Crippen MR) is 72.2 cm³/mol. The summed E-state index contributed by atoms with van der Waals surface area (Å²) in [5, 5.41) is 9.66. The highest BCUT2D eigenvalue weighted by atomic mass is 35.5. The Hall–Kier alpha value is -0.610. The van der Waals surface area contributed by atoms with Crippen molar-refractivity contribution in [2.45, 2.75) is 19.4 Å². The third-order valence-electron chi connectivity index (χ3n) is 2.94. The summed E-state index contributed by atoms with van der Waals surface area (Å²) >= 11 is 6.20. The van der Waals surface area contributed by atoms with E-state index in [2.05, 4.69) is 11.8 Å². The van der Waals surface area contributed by atoms with Gasteiger partial charge in [-0.15, -0.1) is 0 Å². The van der Waals surface area contributed by atoms with Crippen molar-refractivity contribution in [3.8, 4) is 0 Å². The Kier molecular flexibility index (Phi) is 6.52. The second kappa shape index (κ2) is 7.67. The molecule has 0 bridgehead atoms. The Balaban J connectivity index is 2.85. The average molecular weight is 257 g/mol. The lowest BCUT2D eigenvalue weighted by molar-refractivity contribution is 0.185. The summed E-state index contributed by atoms with van der Waals surface area (Å²) in [6.07, 6.45) is 0.759. The van der Waals surface area contributed by atoms with E-state index in [9.17, 15) is 0 Å². The van der Waals surface area contributed by atoms with Gasteiger partial charge in [-0.1, -0.05) is 36.7 Å². The molecule has 1 aromatic carbocycles. The molecule has 0 aliphatic carbocycles. The van der Waals surface area contributed by atoms with Gasteiger partial charge < -0.3 is 10.8 Å². The van der Waals surface area contributed by atoms with Crippen molar-refractivity contribution in [3.63, 3.8) is 0 Å². The van der Waals surface area contributed by atoms with Crippen molar-refractivity contribution in [2.75, 3.05) is 26.2 Å². The number of hydrogen-bond donors (Lipinski definition) is 2. The molecule has 0 aromatic heterocycles. The first-order valence-electron chi connectivity index (χ1n) is 6.04. The lowest BCUT2D eigenvalue weighted by atomic mass is 10.0. The van der Waals surface area contributed by atoms with E-state index in [1.807, 2.05) is 24.3 Å². The first-order valence-corrected chi connectivity index (χ1v) is 6.41. The second-order valence-corrected chi connectivity index (χ2v) is 4.39. The number of benzene rings is 1. The van der Waals surface area contributed by atoms with Crippen molar-refractivity contribution in [1.82, 2.24) is 4.90 Å². The molecule has 1 atom stereocenters. The van der Waals surface area contributed by atoms with Gasteiger partial charge in [0.05, 0.1) is 0 Å². The van der Waals surface area contributed by atoms with Crippen LogP contribution in [0.4, 0.5) is 0 Å². The van der Waals surface area contributed by atoms with Gasteiger partial charge in [-0.3, -0.25) is 4.90 Å². The van der Waals surface area contributed by atoms with Gasteiger partial charge in [0, 0.05) is 30.8 Å². The summed E-state index contributed by atoms with van der Waals surface area (Å²) in [7, 11) is 0. The fourth-order valence-corrected chi connectivity index (χ4v) is 2.29. The largest absolute Gasteiger partial charge is 0.396 e. The SMILES string of the molecule is CCN(CCCO)C(CN)c1ccccc1Cl. The first kappa shape index (κ1) is 14.5. The lowest BCUT2D eigenvalue weighted by Gasteiger charge is -2.30. The van der Waals surface area contributed by atoms with Crippen LogP contribution < -0.4 is 5.73 Å². The Morgan fingerprint density at radius 2 is 2.12 bits per heavy atom. The summed E-state index contributed by atoms with van der Waals surface area (Å²) in [5.41, 5.74) is 6.93. The van der Waals surface area contributed by atoms with Crippen LogP contribution in [0.2, 0.25) is 5.02 Å². The molecule has 96 valence electrons. The quantitative estimate of drug-likeness (QED) is 0.785. The van der Waals surface area contributed by atoms with Crippen molar-refractivity contribution < 1.29 is 5.11 Å². The monoisotopic (exact) mass is 256 g/mol. The number of nitrogens with two attached hydrogens (primary N) is 1. The van der Waals surface area contributed by atoms with Crippen LogP contribution in [0.15, 0.2) is 24.3 Å². The van der Waals surface area contributed by atoms with Gasteiger partial charge in [-0.25, -0.2) is 0 Å². The number of aliphatic hydroxyl groups is 1. The van der Waals surface area contributed by atoms with E-state index in [1.165, 1.54) is 0 Å². The molecule has 0 radical (unpaired) electrons. The fraction of sp³-hybridized carbons (Fsp3) is 0.538. The van der Waals surface area contributed by atoms with Gasteiger partial charge in [0.15, 0.2) is 0 Å². The molecule has 0 spiro atoms. The number of hydrogen-bond acceptors (Lipinski definition) is 3. The van der Waals surface area contributed by atoms with Crippen LogP contribution >= 0.6 is 11.6 Å². The van der Waals surface area contributed by atoms with Gasteiger partial charge in [-0.05, 0) is 24.6 Å². The molecular formula is C13H21ClN2O. The molecule has 1 unspecified atom stereocenters. The number of rotatable bonds is 7. The van der Waals surface area contributed by atoms with Crippen molar-refractivity contribution in [2.24, 2.45) is 5.73 Å². The smallest absolute Gasteiger partial charge is 0.0485 e. The summed E-state index contributed by atoms with van der Waals surface area (Å²) in [6.45, 7) is 4.56. The molecule has 0 heterocycles. The Morgan fingerprint density at radius 1 is 1.41 bits per heavy atom. The summed E-state index contributed by atoms with van der Waals surface area (Å²) in [4.78, 5) is 2.25. The summed E-state index contributed by atoms with van der Waals surface area (Å²) in [6, 6.07) is 7.92. The zero-order valence-electron chi connectivity index (χ0n) is 10.3. The molecule has 0 amide bonds. The zero-order chi connectivity index (χ0) is 12.7. The Bertz CT molecular complexity index is 333. The molecule has 17 heavy (non-hydrogen) atoms. The lowest BCUT2D eigenvalue weighted by Crippen LogP contribution is -2.35. The molecule has 3 nitrogen and oxygen atoms in total. The van der Waals surface area contributed by atoms with Crippen LogP contribution in [0, 0.1) is 0 Å². The Morgan fingerprint density at radius 3 is 2.65 bits per heavy atom. The van der Waals surface area contributed by atoms with Crippen molar-refractivity contribution in [3.05, 3.63) is 34.9 Å². The molecule has 0 saturated heterocycles. The van der Waals surface area contributed by atoms with E-state index < -0.39 is 0 Å². The van der Waals surface area contributed by atoms with Crippen LogP contribution in [-0.2, 0) is 0 Å². The second-order valence-electron chi connectivity index (χ2n) is 3.98. The maximum absolute atomic E-state index is 8.91. The summed E-state index contributed by atoms with van der Waals surface area (Å²) < 4.78 is 0. The Labute approximate surface area is 108 Å². The first-order chi connectivity index (χ1) is 8.24. The number of likely N-dealkylation sites (N-methyl/N-ethyl adjacent to an activating group) is 1.